The van der Waals surface area contributed by atoms with Crippen LogP contribution in [0.3, 0.4) is 0 Å². The number of nitrogens with two attached hydrogens (primary N) is 1. The fraction of sp³-hybridized carbons (Fsp3) is 0.185. The summed E-state index contributed by atoms with van der Waals surface area (Å²) in [7, 11) is -2.17. The van der Waals surface area contributed by atoms with Crippen molar-refractivity contribution < 1.29 is 23.4 Å². The molecular formula is C27H30N2O5S. The van der Waals surface area contributed by atoms with Crippen LogP contribution in [-0.2, 0) is 10.0 Å². The number of nitrogens with zero attached hydrogens (tertiary/aromatic N) is 1. The Balaban J connectivity index is 1.74. The first-order chi connectivity index (χ1) is 16.9. The van der Waals surface area contributed by atoms with Crippen molar-refractivity contribution in [2.24, 2.45) is 0 Å². The van der Waals surface area contributed by atoms with Gasteiger partial charge in [-0.25, -0.2) is 8.42 Å². The molecule has 0 bridgehead atoms. The molecule has 0 spiro atoms. The van der Waals surface area contributed by atoms with Gasteiger partial charge in [0, 0.05) is 24.3 Å². The van der Waals surface area contributed by atoms with Crippen LogP contribution in [0.4, 0.5) is 5.69 Å². The van der Waals surface area contributed by atoms with E-state index in [1.165, 1.54) is 12.1 Å². The quantitative estimate of drug-likeness (QED) is 0.277. The second-order valence-electron chi connectivity index (χ2n) is 7.76. The van der Waals surface area contributed by atoms with Crippen molar-refractivity contribution in [3.8, 4) is 5.75 Å². The minimum atomic E-state index is -3.79. The van der Waals surface area contributed by atoms with E-state index in [0.29, 0.717) is 0 Å². The first kappa shape index (κ1) is 26.2. The molecule has 0 aromatic heterocycles. The molecule has 0 fully saturated rings. The lowest BCUT2D eigenvalue weighted by Crippen LogP contribution is -2.35. The topological polar surface area (TPSA) is 113 Å². The van der Waals surface area contributed by atoms with Crippen molar-refractivity contribution in [3.05, 3.63) is 89.0 Å². The summed E-state index contributed by atoms with van der Waals surface area (Å²) in [6.07, 6.45) is 7.77. The van der Waals surface area contributed by atoms with Gasteiger partial charge in [-0.05, 0) is 47.0 Å². The zero-order valence-electron chi connectivity index (χ0n) is 19.5. The van der Waals surface area contributed by atoms with Crippen LogP contribution in [-0.4, -0.2) is 56.3 Å². The second kappa shape index (κ2) is 12.3. The number of aliphatic hydroxyl groups is 2. The Bertz CT molecular complexity index is 1260. The summed E-state index contributed by atoms with van der Waals surface area (Å²) in [5, 5.41) is 18.3. The molecule has 3 aromatic rings. The van der Waals surface area contributed by atoms with Crippen LogP contribution >= 0.6 is 0 Å². The Morgan fingerprint density at radius 1 is 0.800 bits per heavy atom. The lowest BCUT2D eigenvalue weighted by molar-refractivity contribution is 0.217. The van der Waals surface area contributed by atoms with Gasteiger partial charge in [0.25, 0.3) is 0 Å². The summed E-state index contributed by atoms with van der Waals surface area (Å²) in [6.45, 7) is -0.784. The molecule has 0 aliphatic carbocycles. The Kier molecular flexibility index (Phi) is 9.22. The van der Waals surface area contributed by atoms with Gasteiger partial charge in [0.05, 0.1) is 25.2 Å². The van der Waals surface area contributed by atoms with Crippen molar-refractivity contribution in [1.82, 2.24) is 4.31 Å². The lowest BCUT2D eigenvalue weighted by atomic mass is 10.1. The molecule has 7 nitrogen and oxygen atoms in total. The summed E-state index contributed by atoms with van der Waals surface area (Å²) in [6, 6.07) is 19.9. The number of ether oxygens (including phenoxy) is 1. The number of nitrogen functional groups attached to an aromatic ring is 1. The number of methoxy groups -OCH3 is 1. The molecular weight excluding hydrogens is 464 g/mol. The third-order valence-corrected chi connectivity index (χ3v) is 7.25. The van der Waals surface area contributed by atoms with Crippen LogP contribution in [0.5, 0.6) is 5.75 Å². The number of benzene rings is 3. The van der Waals surface area contributed by atoms with E-state index in [-0.39, 0.29) is 31.2 Å². The number of sulfonamides is 1. The maximum absolute atomic E-state index is 12.7. The van der Waals surface area contributed by atoms with Gasteiger partial charge < -0.3 is 20.7 Å². The molecule has 0 heterocycles. The van der Waals surface area contributed by atoms with Crippen molar-refractivity contribution in [1.29, 1.82) is 0 Å². The number of aliphatic hydroxyl groups excluding tert-OH is 2. The van der Waals surface area contributed by atoms with E-state index in [2.05, 4.69) is 0 Å². The summed E-state index contributed by atoms with van der Waals surface area (Å²) >= 11 is 0. The molecule has 0 aliphatic rings. The van der Waals surface area contributed by atoms with Crippen molar-refractivity contribution >= 4 is 40.0 Å². The number of hydrogen-bond acceptors (Lipinski definition) is 6. The van der Waals surface area contributed by atoms with E-state index in [1.807, 2.05) is 66.8 Å². The number of hydrogen-bond donors (Lipinski definition) is 3. The van der Waals surface area contributed by atoms with Crippen LogP contribution in [0.2, 0.25) is 0 Å². The highest BCUT2D eigenvalue weighted by molar-refractivity contribution is 7.89. The van der Waals surface area contributed by atoms with Crippen molar-refractivity contribution in [3.63, 3.8) is 0 Å². The Morgan fingerprint density at radius 2 is 1.31 bits per heavy atom. The number of rotatable bonds is 11. The van der Waals surface area contributed by atoms with Gasteiger partial charge in [0.1, 0.15) is 5.75 Å². The average Bonchev–Trinajstić information content (AvgIpc) is 2.87. The predicted octanol–water partition coefficient (Wildman–Crippen LogP) is 3.59. The molecule has 3 aromatic carbocycles. The minimum absolute atomic E-state index is 0.0719. The van der Waals surface area contributed by atoms with Gasteiger partial charge >= 0.3 is 0 Å². The molecule has 184 valence electrons. The average molecular weight is 495 g/mol. The van der Waals surface area contributed by atoms with E-state index >= 15 is 0 Å². The predicted molar refractivity (Wildman–Crippen MR) is 141 cm³/mol. The van der Waals surface area contributed by atoms with Gasteiger partial charge in [-0.2, -0.15) is 4.31 Å². The van der Waals surface area contributed by atoms with E-state index in [1.54, 1.807) is 19.2 Å². The van der Waals surface area contributed by atoms with E-state index < -0.39 is 10.0 Å². The summed E-state index contributed by atoms with van der Waals surface area (Å²) in [5.41, 5.74) is 10.2. The van der Waals surface area contributed by atoms with Gasteiger partial charge in [-0.1, -0.05) is 60.7 Å². The minimum Gasteiger partial charge on any atom is -0.496 e. The lowest BCUT2D eigenvalue weighted by Gasteiger charge is -2.20. The monoisotopic (exact) mass is 494 g/mol. The van der Waals surface area contributed by atoms with E-state index in [9.17, 15) is 8.42 Å². The molecule has 0 saturated heterocycles. The van der Waals surface area contributed by atoms with Gasteiger partial charge in [-0.3, -0.25) is 0 Å². The fourth-order valence-electron chi connectivity index (χ4n) is 3.43. The van der Waals surface area contributed by atoms with Crippen LogP contribution in [0.1, 0.15) is 22.3 Å². The Hall–Kier alpha value is -3.43. The highest BCUT2D eigenvalue weighted by atomic mass is 32.2. The molecule has 0 amide bonds. The number of anilines is 1. The molecule has 8 heteroatoms. The maximum atomic E-state index is 12.7. The molecule has 0 unspecified atom stereocenters. The molecule has 3 rings (SSSR count). The second-order valence-corrected chi connectivity index (χ2v) is 9.69. The van der Waals surface area contributed by atoms with Crippen LogP contribution in [0.25, 0.3) is 24.3 Å². The molecule has 0 saturated carbocycles. The highest BCUT2D eigenvalue weighted by Crippen LogP contribution is 2.24. The van der Waals surface area contributed by atoms with Crippen molar-refractivity contribution in [2.75, 3.05) is 39.1 Å². The first-order valence-electron chi connectivity index (χ1n) is 11.1. The highest BCUT2D eigenvalue weighted by Gasteiger charge is 2.23. The van der Waals surface area contributed by atoms with Crippen molar-refractivity contribution in [2.45, 2.75) is 4.90 Å². The largest absolute Gasteiger partial charge is 0.496 e. The van der Waals surface area contributed by atoms with Crippen LogP contribution in [0.15, 0.2) is 71.6 Å². The molecule has 0 aliphatic heterocycles. The zero-order chi connectivity index (χ0) is 25.3. The molecule has 35 heavy (non-hydrogen) atoms. The summed E-state index contributed by atoms with van der Waals surface area (Å²) in [4.78, 5) is 0.107. The molecule has 0 radical (unpaired) electrons. The summed E-state index contributed by atoms with van der Waals surface area (Å²) < 4.78 is 32.1. The standard InChI is InChI=1S/C27H30N2O5S/c1-34-27-20-23(5-11-24(27)10-4-22-6-12-25(28)13-7-22)3-2-21-8-14-26(15-9-21)35(32,33)29(16-18-30)17-19-31/h2-15,20,30-31H,16-19,28H2,1H3. The smallest absolute Gasteiger partial charge is 0.243 e. The normalized spacial score (nSPS) is 12.1. The Morgan fingerprint density at radius 3 is 1.89 bits per heavy atom. The van der Waals surface area contributed by atoms with Gasteiger partial charge in [0.15, 0.2) is 0 Å². The van der Waals surface area contributed by atoms with Gasteiger partial charge in [-0.15, -0.1) is 0 Å². The third-order valence-electron chi connectivity index (χ3n) is 5.33. The third kappa shape index (κ3) is 7.03. The molecule has 0 atom stereocenters. The van der Waals surface area contributed by atoms with E-state index in [4.69, 9.17) is 20.7 Å². The van der Waals surface area contributed by atoms with Crippen LogP contribution in [0, 0.1) is 0 Å². The first-order valence-corrected chi connectivity index (χ1v) is 12.5. The Labute approximate surface area is 206 Å². The zero-order valence-corrected chi connectivity index (χ0v) is 20.4. The van der Waals surface area contributed by atoms with Crippen LogP contribution < -0.4 is 10.5 Å². The SMILES string of the molecule is COc1cc(C=Cc2ccc(S(=O)(=O)N(CCO)CCO)cc2)ccc1C=Cc1ccc(N)cc1. The molecule has 4 N–H and O–H groups in total. The van der Waals surface area contributed by atoms with E-state index in [0.717, 1.165) is 38.0 Å². The maximum Gasteiger partial charge on any atom is 0.243 e. The summed E-state index contributed by atoms with van der Waals surface area (Å²) in [5.74, 6) is 0.730. The fourth-order valence-corrected chi connectivity index (χ4v) is 4.85. The van der Waals surface area contributed by atoms with Gasteiger partial charge in [0.2, 0.25) is 10.0 Å².